The normalized spacial score (nSPS) is 22.2. The molecule has 0 heterocycles. The lowest BCUT2D eigenvalue weighted by atomic mass is 9.64. The van der Waals surface area contributed by atoms with Crippen LogP contribution >= 0.6 is 23.2 Å². The highest BCUT2D eigenvalue weighted by Gasteiger charge is 2.39. The molecule has 3 heteroatoms. The summed E-state index contributed by atoms with van der Waals surface area (Å²) in [6.07, 6.45) is 6.55. The number of hydrogen-bond acceptors (Lipinski definition) is 1. The highest BCUT2D eigenvalue weighted by Crippen LogP contribution is 2.45. The van der Waals surface area contributed by atoms with E-state index in [1.54, 1.807) is 0 Å². The van der Waals surface area contributed by atoms with Crippen molar-refractivity contribution in [2.75, 3.05) is 6.54 Å². The van der Waals surface area contributed by atoms with Gasteiger partial charge in [0.15, 0.2) is 0 Å². The van der Waals surface area contributed by atoms with Gasteiger partial charge in [-0.3, -0.25) is 0 Å². The van der Waals surface area contributed by atoms with Crippen LogP contribution in [0.1, 0.15) is 37.7 Å². The molecule has 0 unspecified atom stereocenters. The van der Waals surface area contributed by atoms with Crippen LogP contribution in [0, 0.1) is 0 Å². The van der Waals surface area contributed by atoms with Gasteiger partial charge in [0.2, 0.25) is 0 Å². The minimum absolute atomic E-state index is 0.316. The van der Waals surface area contributed by atoms with Gasteiger partial charge >= 0.3 is 0 Å². The molecule has 1 aromatic carbocycles. The van der Waals surface area contributed by atoms with Crippen molar-refractivity contribution in [3.8, 4) is 0 Å². The highest BCUT2D eigenvalue weighted by molar-refractivity contribution is 6.42. The zero-order valence-corrected chi connectivity index (χ0v) is 11.3. The minimum atomic E-state index is 0.316. The molecule has 17 heavy (non-hydrogen) atoms. The molecule has 0 aliphatic heterocycles. The van der Waals surface area contributed by atoms with Crippen molar-refractivity contribution in [1.29, 1.82) is 0 Å². The molecule has 0 amide bonds. The predicted molar refractivity (Wildman–Crippen MR) is 73.0 cm³/mol. The third-order valence-corrected chi connectivity index (χ3v) is 4.89. The molecule has 0 saturated heterocycles. The maximum absolute atomic E-state index is 6.12. The van der Waals surface area contributed by atoms with Gasteiger partial charge in [-0.1, -0.05) is 35.7 Å². The highest BCUT2D eigenvalue weighted by atomic mass is 35.5. The second kappa shape index (κ2) is 4.46. The van der Waals surface area contributed by atoms with Gasteiger partial charge < -0.3 is 5.32 Å². The molecule has 1 N–H and O–H groups in total. The van der Waals surface area contributed by atoms with Gasteiger partial charge in [-0.15, -0.1) is 0 Å². The maximum Gasteiger partial charge on any atom is 0.0595 e. The summed E-state index contributed by atoms with van der Waals surface area (Å²) in [5.41, 5.74) is 1.67. The van der Waals surface area contributed by atoms with Crippen molar-refractivity contribution >= 4 is 23.2 Å². The van der Waals surface area contributed by atoms with E-state index in [0.717, 1.165) is 12.6 Å². The van der Waals surface area contributed by atoms with E-state index in [0.29, 0.717) is 15.5 Å². The maximum atomic E-state index is 6.12. The summed E-state index contributed by atoms with van der Waals surface area (Å²) in [7, 11) is 0. The van der Waals surface area contributed by atoms with E-state index >= 15 is 0 Å². The van der Waals surface area contributed by atoms with Crippen LogP contribution in [0.5, 0.6) is 0 Å². The first kappa shape index (κ1) is 11.8. The fourth-order valence-corrected chi connectivity index (χ4v) is 2.92. The molecule has 2 fully saturated rings. The molecule has 0 spiro atoms. The fraction of sp³-hybridized carbons (Fsp3) is 0.571. The van der Waals surface area contributed by atoms with Crippen LogP contribution in [0.4, 0.5) is 0 Å². The summed E-state index contributed by atoms with van der Waals surface area (Å²) in [4.78, 5) is 0. The Hall–Kier alpha value is -0.240. The first-order valence-corrected chi connectivity index (χ1v) is 7.14. The molecule has 1 nitrogen and oxygen atoms in total. The van der Waals surface area contributed by atoms with Crippen LogP contribution in [0.3, 0.4) is 0 Å². The number of nitrogens with one attached hydrogen (secondary N) is 1. The lowest BCUT2D eigenvalue weighted by molar-refractivity contribution is 0.233. The third kappa shape index (κ3) is 2.33. The first-order chi connectivity index (χ1) is 8.20. The van der Waals surface area contributed by atoms with Crippen LogP contribution in [0.2, 0.25) is 10.0 Å². The molecule has 1 aromatic rings. The molecule has 2 saturated carbocycles. The van der Waals surface area contributed by atoms with Crippen LogP contribution in [0.15, 0.2) is 18.2 Å². The van der Waals surface area contributed by atoms with Gasteiger partial charge in [-0.25, -0.2) is 0 Å². The average Bonchev–Trinajstić information content (AvgIpc) is 3.05. The summed E-state index contributed by atoms with van der Waals surface area (Å²) < 4.78 is 0. The topological polar surface area (TPSA) is 12.0 Å². The van der Waals surface area contributed by atoms with Crippen molar-refractivity contribution in [3.05, 3.63) is 33.8 Å². The molecule has 92 valence electrons. The lowest BCUT2D eigenvalue weighted by Crippen LogP contribution is -2.44. The zero-order chi connectivity index (χ0) is 11.9. The van der Waals surface area contributed by atoms with Crippen LogP contribution < -0.4 is 5.32 Å². The Labute approximate surface area is 112 Å². The van der Waals surface area contributed by atoms with Crippen molar-refractivity contribution in [2.24, 2.45) is 0 Å². The molecule has 0 bridgehead atoms. The Morgan fingerprint density at radius 3 is 2.47 bits per heavy atom. The quantitative estimate of drug-likeness (QED) is 0.866. The Morgan fingerprint density at radius 2 is 1.94 bits per heavy atom. The standard InChI is InChI=1S/C14H17Cl2N/c15-12-5-2-10(8-13(12)16)14(6-1-7-14)9-17-11-3-4-11/h2,5,8,11,17H,1,3-4,6-7,9H2. The van der Waals surface area contributed by atoms with E-state index in [4.69, 9.17) is 23.2 Å². The van der Waals surface area contributed by atoms with E-state index in [2.05, 4.69) is 17.4 Å². The predicted octanol–water partition coefficient (Wildman–Crippen LogP) is 4.17. The molecule has 2 aliphatic rings. The van der Waals surface area contributed by atoms with Gasteiger partial charge in [-0.05, 0) is 43.4 Å². The number of hydrogen-bond donors (Lipinski definition) is 1. The number of benzene rings is 1. The Morgan fingerprint density at radius 1 is 1.18 bits per heavy atom. The van der Waals surface area contributed by atoms with Crippen molar-refractivity contribution in [1.82, 2.24) is 5.32 Å². The molecular weight excluding hydrogens is 253 g/mol. The number of rotatable bonds is 4. The second-order valence-corrected chi connectivity index (χ2v) is 6.23. The largest absolute Gasteiger partial charge is 0.313 e. The van der Waals surface area contributed by atoms with Gasteiger partial charge in [0.05, 0.1) is 10.0 Å². The lowest BCUT2D eigenvalue weighted by Gasteiger charge is -2.43. The Bertz CT molecular complexity index is 422. The fourth-order valence-electron chi connectivity index (χ4n) is 2.62. The molecule has 0 aromatic heterocycles. The van der Waals surface area contributed by atoms with E-state index in [-0.39, 0.29) is 0 Å². The SMILES string of the molecule is Clc1ccc(C2(CNC3CC3)CCC2)cc1Cl. The number of halogens is 2. The van der Waals surface area contributed by atoms with Gasteiger partial charge in [0, 0.05) is 18.0 Å². The van der Waals surface area contributed by atoms with Crippen LogP contribution in [-0.4, -0.2) is 12.6 Å². The summed E-state index contributed by atoms with van der Waals surface area (Å²) in [5, 5.41) is 4.99. The van der Waals surface area contributed by atoms with Gasteiger partial charge in [0.1, 0.15) is 0 Å². The monoisotopic (exact) mass is 269 g/mol. The van der Waals surface area contributed by atoms with Crippen molar-refractivity contribution in [3.63, 3.8) is 0 Å². The molecule has 3 rings (SSSR count). The summed E-state index contributed by atoms with van der Waals surface area (Å²) in [5.74, 6) is 0. The van der Waals surface area contributed by atoms with E-state index in [9.17, 15) is 0 Å². The van der Waals surface area contributed by atoms with Crippen molar-refractivity contribution < 1.29 is 0 Å². The minimum Gasteiger partial charge on any atom is -0.313 e. The van der Waals surface area contributed by atoms with E-state index in [1.807, 2.05) is 6.07 Å². The Kier molecular flexibility index (Phi) is 3.10. The van der Waals surface area contributed by atoms with E-state index in [1.165, 1.54) is 37.7 Å². The average molecular weight is 270 g/mol. The van der Waals surface area contributed by atoms with Crippen LogP contribution in [0.25, 0.3) is 0 Å². The summed E-state index contributed by atoms with van der Waals surface area (Å²) in [6.45, 7) is 1.09. The third-order valence-electron chi connectivity index (χ3n) is 4.15. The molecule has 0 radical (unpaired) electrons. The van der Waals surface area contributed by atoms with Gasteiger partial charge in [0.25, 0.3) is 0 Å². The second-order valence-electron chi connectivity index (χ2n) is 5.42. The Balaban J connectivity index is 1.79. The molecular formula is C14H17Cl2N. The smallest absolute Gasteiger partial charge is 0.0595 e. The van der Waals surface area contributed by atoms with Crippen LogP contribution in [-0.2, 0) is 5.41 Å². The zero-order valence-electron chi connectivity index (χ0n) is 9.81. The van der Waals surface area contributed by atoms with Crippen molar-refractivity contribution in [2.45, 2.75) is 43.6 Å². The first-order valence-electron chi connectivity index (χ1n) is 6.39. The molecule has 0 atom stereocenters. The molecule has 2 aliphatic carbocycles. The van der Waals surface area contributed by atoms with Gasteiger partial charge in [-0.2, -0.15) is 0 Å². The summed E-state index contributed by atoms with van der Waals surface area (Å²) in [6, 6.07) is 6.89. The summed E-state index contributed by atoms with van der Waals surface area (Å²) >= 11 is 12.1. The van der Waals surface area contributed by atoms with E-state index < -0.39 is 0 Å².